The van der Waals surface area contributed by atoms with Crippen molar-refractivity contribution in [1.29, 1.82) is 0 Å². The van der Waals surface area contributed by atoms with Crippen molar-refractivity contribution in [3.63, 3.8) is 0 Å². The fourth-order valence-electron chi connectivity index (χ4n) is 1.63. The van der Waals surface area contributed by atoms with Crippen molar-refractivity contribution in [2.24, 2.45) is 0 Å². The smallest absolute Gasteiger partial charge is 0.340 e. The summed E-state index contributed by atoms with van der Waals surface area (Å²) < 4.78 is 6.30. The van der Waals surface area contributed by atoms with Gasteiger partial charge in [-0.2, -0.15) is 5.10 Å². The van der Waals surface area contributed by atoms with Gasteiger partial charge < -0.3 is 10.5 Å². The van der Waals surface area contributed by atoms with Crippen molar-refractivity contribution in [2.75, 3.05) is 12.8 Å². The fraction of sp³-hybridized carbons (Fsp3) is 0.167. The largest absolute Gasteiger partial charge is 0.465 e. The molecule has 0 unspecified atom stereocenters. The third kappa shape index (κ3) is 1.99. The van der Waals surface area contributed by atoms with Gasteiger partial charge >= 0.3 is 5.97 Å². The van der Waals surface area contributed by atoms with Gasteiger partial charge in [-0.1, -0.05) is 6.07 Å². The van der Waals surface area contributed by atoms with E-state index in [0.29, 0.717) is 16.9 Å². The zero-order valence-electron chi connectivity index (χ0n) is 9.68. The van der Waals surface area contributed by atoms with Crippen LogP contribution in [-0.2, 0) is 4.74 Å². The minimum absolute atomic E-state index is 0.399. The van der Waals surface area contributed by atoms with Crippen LogP contribution in [0.15, 0.2) is 30.6 Å². The molecule has 0 atom stereocenters. The number of benzene rings is 1. The molecule has 0 fully saturated rings. The summed E-state index contributed by atoms with van der Waals surface area (Å²) in [6, 6.07) is 5.09. The van der Waals surface area contributed by atoms with Crippen molar-refractivity contribution in [3.8, 4) is 5.69 Å². The lowest BCUT2D eigenvalue weighted by Gasteiger charge is -2.10. The molecule has 88 valence electrons. The second-order valence-corrected chi connectivity index (χ2v) is 3.70. The minimum atomic E-state index is -0.430. The third-order valence-corrected chi connectivity index (χ3v) is 2.41. The molecule has 1 aromatic carbocycles. The maximum absolute atomic E-state index is 11.6. The number of para-hydroxylation sites is 1. The Kier molecular flexibility index (Phi) is 2.82. The lowest BCUT2D eigenvalue weighted by molar-refractivity contribution is 0.0600. The number of carbonyl (C=O) groups is 1. The van der Waals surface area contributed by atoms with Gasteiger partial charge in [-0.3, -0.25) is 0 Å². The van der Waals surface area contributed by atoms with Crippen LogP contribution in [0.3, 0.4) is 0 Å². The SMILES string of the molecule is COC(=O)c1cccc(N)c1-n1cc(C)cn1. The fourth-order valence-corrected chi connectivity index (χ4v) is 1.63. The number of aryl methyl sites for hydroxylation is 1. The van der Waals surface area contributed by atoms with Crippen molar-refractivity contribution >= 4 is 11.7 Å². The first kappa shape index (κ1) is 11.2. The predicted molar refractivity (Wildman–Crippen MR) is 64.1 cm³/mol. The summed E-state index contributed by atoms with van der Waals surface area (Å²) in [6.45, 7) is 1.92. The first-order valence-electron chi connectivity index (χ1n) is 5.12. The molecule has 17 heavy (non-hydrogen) atoms. The number of esters is 1. The van der Waals surface area contributed by atoms with E-state index >= 15 is 0 Å². The molecule has 0 saturated heterocycles. The van der Waals surface area contributed by atoms with Crippen LogP contribution in [0.5, 0.6) is 0 Å². The van der Waals surface area contributed by atoms with Crippen molar-refractivity contribution in [3.05, 3.63) is 41.7 Å². The van der Waals surface area contributed by atoms with Gasteiger partial charge in [0.1, 0.15) is 5.69 Å². The maximum atomic E-state index is 11.6. The lowest BCUT2D eigenvalue weighted by Crippen LogP contribution is -2.10. The van der Waals surface area contributed by atoms with Crippen LogP contribution in [0.1, 0.15) is 15.9 Å². The summed E-state index contributed by atoms with van der Waals surface area (Å²) in [5.74, 6) is -0.430. The minimum Gasteiger partial charge on any atom is -0.465 e. The molecule has 1 heterocycles. The van der Waals surface area contributed by atoms with Crippen LogP contribution in [0, 0.1) is 6.92 Å². The average Bonchev–Trinajstić information content (AvgIpc) is 2.74. The second-order valence-electron chi connectivity index (χ2n) is 3.70. The van der Waals surface area contributed by atoms with Crippen LogP contribution in [-0.4, -0.2) is 22.9 Å². The summed E-state index contributed by atoms with van der Waals surface area (Å²) in [5, 5.41) is 4.15. The molecule has 5 heteroatoms. The van der Waals surface area contributed by atoms with Gasteiger partial charge in [-0.05, 0) is 24.6 Å². The number of anilines is 1. The quantitative estimate of drug-likeness (QED) is 0.628. The molecule has 0 saturated carbocycles. The highest BCUT2D eigenvalue weighted by Gasteiger charge is 2.16. The average molecular weight is 231 g/mol. The number of hydrogen-bond acceptors (Lipinski definition) is 4. The summed E-state index contributed by atoms with van der Waals surface area (Å²) >= 11 is 0. The molecule has 2 aromatic rings. The van der Waals surface area contributed by atoms with E-state index in [1.165, 1.54) is 7.11 Å². The Hall–Kier alpha value is -2.30. The number of nitrogens with two attached hydrogens (primary N) is 1. The number of hydrogen-bond donors (Lipinski definition) is 1. The molecule has 5 nitrogen and oxygen atoms in total. The summed E-state index contributed by atoms with van der Waals surface area (Å²) in [4.78, 5) is 11.6. The Morgan fingerprint density at radius 3 is 2.82 bits per heavy atom. The van der Waals surface area contributed by atoms with E-state index in [1.54, 1.807) is 35.3 Å². The molecule has 0 aliphatic carbocycles. The van der Waals surface area contributed by atoms with E-state index in [1.807, 2.05) is 6.92 Å². The second kappa shape index (κ2) is 4.29. The normalized spacial score (nSPS) is 10.2. The summed E-state index contributed by atoms with van der Waals surface area (Å²) in [6.07, 6.45) is 3.51. The Labute approximate surface area is 98.8 Å². The number of nitrogens with zero attached hydrogens (tertiary/aromatic N) is 2. The molecule has 0 radical (unpaired) electrons. The summed E-state index contributed by atoms with van der Waals surface area (Å²) in [7, 11) is 1.34. The molecular formula is C12H13N3O2. The van der Waals surface area contributed by atoms with Crippen molar-refractivity contribution in [2.45, 2.75) is 6.92 Å². The standard InChI is InChI=1S/C12H13N3O2/c1-8-6-14-15(7-8)11-9(12(16)17-2)4-3-5-10(11)13/h3-7H,13H2,1-2H3. The van der Waals surface area contributed by atoms with Crippen molar-refractivity contribution in [1.82, 2.24) is 9.78 Å². The van der Waals surface area contributed by atoms with Gasteiger partial charge in [0.15, 0.2) is 0 Å². The maximum Gasteiger partial charge on any atom is 0.340 e. The highest BCUT2D eigenvalue weighted by Crippen LogP contribution is 2.22. The predicted octanol–water partition coefficient (Wildman–Crippen LogP) is 1.55. The van der Waals surface area contributed by atoms with E-state index in [0.717, 1.165) is 5.56 Å². The monoisotopic (exact) mass is 231 g/mol. The highest BCUT2D eigenvalue weighted by molar-refractivity contribution is 5.95. The van der Waals surface area contributed by atoms with Crippen molar-refractivity contribution < 1.29 is 9.53 Å². The number of carbonyl (C=O) groups excluding carboxylic acids is 1. The third-order valence-electron chi connectivity index (χ3n) is 2.41. The topological polar surface area (TPSA) is 70.1 Å². The Balaban J connectivity index is 2.63. The Bertz CT molecular complexity index is 561. The van der Waals surface area contributed by atoms with E-state index in [-0.39, 0.29) is 0 Å². The molecule has 0 bridgehead atoms. The van der Waals surface area contributed by atoms with Gasteiger partial charge in [0.05, 0.1) is 24.6 Å². The molecule has 1 aromatic heterocycles. The van der Waals surface area contributed by atoms with Gasteiger partial charge in [-0.25, -0.2) is 9.48 Å². The zero-order chi connectivity index (χ0) is 12.4. The van der Waals surface area contributed by atoms with E-state index < -0.39 is 5.97 Å². The molecule has 0 aliphatic rings. The highest BCUT2D eigenvalue weighted by atomic mass is 16.5. The first-order valence-corrected chi connectivity index (χ1v) is 5.12. The summed E-state index contributed by atoms with van der Waals surface area (Å²) in [5.41, 5.74) is 8.31. The van der Waals surface area contributed by atoms with Gasteiger partial charge in [-0.15, -0.1) is 0 Å². The molecule has 2 rings (SSSR count). The van der Waals surface area contributed by atoms with Gasteiger partial charge in [0.25, 0.3) is 0 Å². The number of ether oxygens (including phenoxy) is 1. The molecule has 2 N–H and O–H groups in total. The van der Waals surface area contributed by atoms with E-state index in [4.69, 9.17) is 10.5 Å². The first-order chi connectivity index (χ1) is 8.13. The van der Waals surface area contributed by atoms with Crippen LogP contribution in [0.25, 0.3) is 5.69 Å². The van der Waals surface area contributed by atoms with Gasteiger partial charge in [0.2, 0.25) is 0 Å². The number of nitrogen functional groups attached to an aromatic ring is 1. The van der Waals surface area contributed by atoms with Gasteiger partial charge in [0, 0.05) is 6.20 Å². The molecular weight excluding hydrogens is 218 g/mol. The van der Waals surface area contributed by atoms with Crippen LogP contribution < -0.4 is 5.73 Å². The Morgan fingerprint density at radius 2 is 2.24 bits per heavy atom. The van der Waals surface area contributed by atoms with Crippen LogP contribution in [0.2, 0.25) is 0 Å². The number of aromatic nitrogens is 2. The molecule has 0 amide bonds. The van der Waals surface area contributed by atoms with E-state index in [2.05, 4.69) is 5.10 Å². The molecule has 0 aliphatic heterocycles. The number of methoxy groups -OCH3 is 1. The van der Waals surface area contributed by atoms with Crippen LogP contribution >= 0.6 is 0 Å². The number of rotatable bonds is 2. The lowest BCUT2D eigenvalue weighted by atomic mass is 10.1. The zero-order valence-corrected chi connectivity index (χ0v) is 9.68. The Morgan fingerprint density at radius 1 is 1.47 bits per heavy atom. The molecule has 0 spiro atoms. The van der Waals surface area contributed by atoms with Crippen LogP contribution in [0.4, 0.5) is 5.69 Å². The van der Waals surface area contributed by atoms with E-state index in [9.17, 15) is 4.79 Å².